The van der Waals surface area contributed by atoms with Gasteiger partial charge in [-0.1, -0.05) is 32.0 Å². The number of aromatic nitrogens is 3. The normalized spacial score (nSPS) is 12.8. The Labute approximate surface area is 231 Å². The lowest BCUT2D eigenvalue weighted by Crippen LogP contribution is -2.21. The molecule has 0 aliphatic carbocycles. The van der Waals surface area contributed by atoms with E-state index in [1.807, 2.05) is 18.3 Å². The van der Waals surface area contributed by atoms with Gasteiger partial charge in [-0.25, -0.2) is 22.1 Å². The predicted octanol–water partition coefficient (Wildman–Crippen LogP) is 4.95. The molecule has 10 nitrogen and oxygen atoms in total. The van der Waals surface area contributed by atoms with Crippen molar-refractivity contribution >= 4 is 45.0 Å². The minimum atomic E-state index is -5.08. The Bertz CT molecular complexity index is 1800. The summed E-state index contributed by atoms with van der Waals surface area (Å²) in [4.78, 5) is 17.6. The zero-order valence-electron chi connectivity index (χ0n) is 21.9. The summed E-state index contributed by atoms with van der Waals surface area (Å²) in [5.74, 6) is -3.03. The van der Waals surface area contributed by atoms with Crippen molar-refractivity contribution in [2.45, 2.75) is 37.4 Å². The van der Waals surface area contributed by atoms with Gasteiger partial charge in [0.1, 0.15) is 11.3 Å². The number of nitrogens with one attached hydrogen (secondary N) is 1. The van der Waals surface area contributed by atoms with Crippen LogP contribution in [-0.4, -0.2) is 52.7 Å². The maximum atomic E-state index is 14.6. The number of carboxylic acids is 1. The van der Waals surface area contributed by atoms with Gasteiger partial charge in [-0.3, -0.25) is 4.99 Å². The van der Waals surface area contributed by atoms with Gasteiger partial charge in [0, 0.05) is 29.3 Å². The van der Waals surface area contributed by atoms with Crippen molar-refractivity contribution in [1.29, 1.82) is 0 Å². The fourth-order valence-electron chi connectivity index (χ4n) is 4.15. The molecule has 4 N–H and O–H groups in total. The Morgan fingerprint density at radius 1 is 1.15 bits per heavy atom. The van der Waals surface area contributed by atoms with Gasteiger partial charge in [0.2, 0.25) is 5.95 Å². The van der Waals surface area contributed by atoms with Crippen molar-refractivity contribution in [1.82, 2.24) is 14.6 Å². The highest BCUT2D eigenvalue weighted by Gasteiger charge is 2.38. The maximum absolute atomic E-state index is 14.6. The third kappa shape index (κ3) is 6.14. The minimum Gasteiger partial charge on any atom is -0.475 e. The maximum Gasteiger partial charge on any atom is 0.490 e. The van der Waals surface area contributed by atoms with E-state index in [0.717, 1.165) is 40.3 Å². The van der Waals surface area contributed by atoms with Crippen molar-refractivity contribution in [3.63, 3.8) is 0 Å². The molecule has 0 amide bonds. The molecule has 0 radical (unpaired) electrons. The third-order valence-corrected chi connectivity index (χ3v) is 7.20. The number of aliphatic imine (C=N–C) groups is 1. The number of halogens is 4. The van der Waals surface area contributed by atoms with Crippen LogP contribution in [0.1, 0.15) is 36.6 Å². The summed E-state index contributed by atoms with van der Waals surface area (Å²) >= 11 is 0. The van der Waals surface area contributed by atoms with Crippen LogP contribution < -0.4 is 11.1 Å². The molecule has 216 valence electrons. The molecule has 0 unspecified atom stereocenters. The number of hydrogen-bond donors (Lipinski definition) is 3. The number of benzene rings is 2. The highest BCUT2D eigenvalue weighted by Crippen LogP contribution is 2.37. The van der Waals surface area contributed by atoms with E-state index in [0.29, 0.717) is 12.1 Å². The number of nitrogen functional groups attached to an aromatic ring is 1. The van der Waals surface area contributed by atoms with Gasteiger partial charge >= 0.3 is 12.1 Å². The van der Waals surface area contributed by atoms with E-state index in [-0.39, 0.29) is 28.3 Å². The van der Waals surface area contributed by atoms with Gasteiger partial charge in [-0.2, -0.15) is 18.2 Å². The fourth-order valence-corrected chi connectivity index (χ4v) is 4.78. The summed E-state index contributed by atoms with van der Waals surface area (Å²) in [6.45, 7) is 4.75. The Hall–Kier alpha value is -4.53. The summed E-state index contributed by atoms with van der Waals surface area (Å²) in [6, 6.07) is 11.8. The van der Waals surface area contributed by atoms with Crippen LogP contribution >= 0.6 is 0 Å². The zero-order chi connectivity index (χ0) is 30.3. The van der Waals surface area contributed by atoms with Crippen LogP contribution in [0.3, 0.4) is 0 Å². The highest BCUT2D eigenvalue weighted by molar-refractivity contribution is 7.90. The predicted molar refractivity (Wildman–Crippen MR) is 145 cm³/mol. The van der Waals surface area contributed by atoms with Crippen molar-refractivity contribution in [2.24, 2.45) is 4.99 Å². The Balaban J connectivity index is 0.000000493. The van der Waals surface area contributed by atoms with E-state index < -0.39 is 27.8 Å². The lowest BCUT2D eigenvalue weighted by Gasteiger charge is -2.12. The van der Waals surface area contributed by atoms with E-state index in [4.69, 9.17) is 15.6 Å². The number of fused-ring (bicyclic) bond motifs is 2. The van der Waals surface area contributed by atoms with Crippen LogP contribution in [0.5, 0.6) is 0 Å². The molecule has 0 atom stereocenters. The summed E-state index contributed by atoms with van der Waals surface area (Å²) in [5.41, 5.74) is 12.1. The van der Waals surface area contributed by atoms with Gasteiger partial charge in [0.15, 0.2) is 15.7 Å². The van der Waals surface area contributed by atoms with Gasteiger partial charge in [-0.15, -0.1) is 5.10 Å². The first-order valence-electron chi connectivity index (χ1n) is 12.0. The molecular weight excluding hydrogens is 568 g/mol. The first-order valence-corrected chi connectivity index (χ1v) is 13.8. The lowest BCUT2D eigenvalue weighted by atomic mass is 9.97. The van der Waals surface area contributed by atoms with E-state index >= 15 is 0 Å². The average molecular weight is 593 g/mol. The molecule has 5 rings (SSSR count). The van der Waals surface area contributed by atoms with Crippen LogP contribution in [0.4, 0.5) is 35.0 Å². The molecule has 3 heterocycles. The molecule has 41 heavy (non-hydrogen) atoms. The van der Waals surface area contributed by atoms with Crippen molar-refractivity contribution in [3.05, 3.63) is 65.1 Å². The molecule has 0 saturated heterocycles. The number of carboxylic acid groups (broad SMARTS) is 1. The Morgan fingerprint density at radius 2 is 1.83 bits per heavy atom. The molecule has 0 fully saturated rings. The van der Waals surface area contributed by atoms with E-state index in [2.05, 4.69) is 46.4 Å². The van der Waals surface area contributed by atoms with Gasteiger partial charge in [0.25, 0.3) is 0 Å². The molecule has 1 aliphatic heterocycles. The Kier molecular flexibility index (Phi) is 7.76. The number of aliphatic carboxylic acids is 1. The monoisotopic (exact) mass is 592 g/mol. The number of nitrogens with two attached hydrogens (primary N) is 1. The first kappa shape index (κ1) is 29.5. The molecule has 0 bridgehead atoms. The standard InChI is InChI=1S/C24H23FN6O2S.C2HF3O2/c1-13(2)21-10-17(16-6-4-5-14-11-27-12-18(14)16)22-23(26)29-24(30-31(21)22)28-20-8-7-15(9-19(20)25)34(3,32)33;3-2(4,5)1(6)7/h4-10,12-13H,11H2,1-3H3,(H3,26,28,29,30);(H,6,7). The number of hydrogen-bond acceptors (Lipinski definition) is 8. The number of carbonyl (C=O) groups is 1. The van der Waals surface area contributed by atoms with Crippen LogP contribution in [-0.2, 0) is 21.2 Å². The number of alkyl halides is 3. The topological polar surface area (TPSA) is 152 Å². The second kappa shape index (κ2) is 10.8. The number of anilines is 3. The van der Waals surface area contributed by atoms with Crippen LogP contribution in [0.15, 0.2) is 52.4 Å². The minimum absolute atomic E-state index is 0.0433. The highest BCUT2D eigenvalue weighted by atomic mass is 32.2. The fraction of sp³-hybridized carbons (Fsp3) is 0.231. The number of rotatable bonds is 5. The molecule has 2 aromatic heterocycles. The summed E-state index contributed by atoms with van der Waals surface area (Å²) in [7, 11) is -3.53. The number of nitrogens with zero attached hydrogens (tertiary/aromatic N) is 4. The van der Waals surface area contributed by atoms with Gasteiger partial charge in [-0.05, 0) is 41.3 Å². The third-order valence-electron chi connectivity index (χ3n) is 6.09. The SMILES string of the molecule is CC(C)c1cc(-c2cccc3c2C=NC3)c2c(N)nc(Nc3ccc(S(C)(=O)=O)cc3F)nn12.O=C(O)C(F)(F)F. The largest absolute Gasteiger partial charge is 0.490 e. The molecule has 0 spiro atoms. The molecule has 1 aliphatic rings. The summed E-state index contributed by atoms with van der Waals surface area (Å²) in [6.07, 6.45) is -2.18. The van der Waals surface area contributed by atoms with E-state index in [9.17, 15) is 26.0 Å². The van der Waals surface area contributed by atoms with Crippen LogP contribution in [0.2, 0.25) is 0 Å². The van der Waals surface area contributed by atoms with Gasteiger partial charge in [0.05, 0.1) is 17.1 Å². The zero-order valence-corrected chi connectivity index (χ0v) is 22.7. The average Bonchev–Trinajstić information content (AvgIpc) is 3.49. The molecule has 2 aromatic carbocycles. The van der Waals surface area contributed by atoms with Crippen LogP contribution in [0.25, 0.3) is 16.6 Å². The first-order chi connectivity index (χ1) is 19.1. The molecule has 4 aromatic rings. The second-order valence-electron chi connectivity index (χ2n) is 9.41. The van der Waals surface area contributed by atoms with E-state index in [1.54, 1.807) is 4.52 Å². The summed E-state index contributed by atoms with van der Waals surface area (Å²) < 4.78 is 71.5. The van der Waals surface area contributed by atoms with Gasteiger partial charge < -0.3 is 16.2 Å². The second-order valence-corrected chi connectivity index (χ2v) is 11.4. The number of sulfone groups is 1. The van der Waals surface area contributed by atoms with Crippen molar-refractivity contribution in [2.75, 3.05) is 17.3 Å². The summed E-state index contributed by atoms with van der Waals surface area (Å²) in [5, 5.41) is 14.6. The quantitative estimate of drug-likeness (QED) is 0.275. The van der Waals surface area contributed by atoms with Crippen molar-refractivity contribution < 1.29 is 35.9 Å². The smallest absolute Gasteiger partial charge is 0.475 e. The molecule has 15 heteroatoms. The van der Waals surface area contributed by atoms with Crippen LogP contribution in [0, 0.1) is 5.82 Å². The van der Waals surface area contributed by atoms with E-state index in [1.165, 1.54) is 12.1 Å². The lowest BCUT2D eigenvalue weighted by molar-refractivity contribution is -0.192. The molecule has 0 saturated carbocycles. The Morgan fingerprint density at radius 3 is 2.41 bits per heavy atom. The molecular formula is C26H24F4N6O4S. The van der Waals surface area contributed by atoms with Crippen molar-refractivity contribution in [3.8, 4) is 11.1 Å².